The monoisotopic (exact) mass is 410 g/mol. The molecule has 0 aliphatic heterocycles. The summed E-state index contributed by atoms with van der Waals surface area (Å²) in [6.45, 7) is 8.04. The van der Waals surface area contributed by atoms with Gasteiger partial charge in [-0.3, -0.25) is 0 Å². The number of rotatable bonds is 9. The van der Waals surface area contributed by atoms with E-state index in [1.54, 1.807) is 0 Å². The van der Waals surface area contributed by atoms with Crippen LogP contribution in [0.3, 0.4) is 0 Å². The second-order valence-electron chi connectivity index (χ2n) is 7.51. The van der Waals surface area contributed by atoms with Crippen LogP contribution in [-0.2, 0) is 0 Å². The highest BCUT2D eigenvalue weighted by atomic mass is 16.5. The van der Waals surface area contributed by atoms with Crippen LogP contribution in [0.25, 0.3) is 28.2 Å². The van der Waals surface area contributed by atoms with Crippen LogP contribution in [-0.4, -0.2) is 35.7 Å². The Kier molecular flexibility index (Phi) is 6.85. The molecule has 0 radical (unpaired) electrons. The van der Waals surface area contributed by atoms with Crippen molar-refractivity contribution in [1.82, 2.24) is 9.47 Å². The summed E-state index contributed by atoms with van der Waals surface area (Å²) in [5.74, 6) is 0.903. The summed E-state index contributed by atoms with van der Waals surface area (Å²) in [6, 6.07) is 33.8. The van der Waals surface area contributed by atoms with E-state index in [1.165, 1.54) is 11.1 Å². The van der Waals surface area contributed by atoms with E-state index >= 15 is 0 Å². The fourth-order valence-electron chi connectivity index (χ4n) is 3.95. The molecule has 31 heavy (non-hydrogen) atoms. The van der Waals surface area contributed by atoms with E-state index in [0.29, 0.717) is 6.61 Å². The molecule has 3 aromatic carbocycles. The molecule has 4 aromatic rings. The zero-order chi connectivity index (χ0) is 21.5. The van der Waals surface area contributed by atoms with E-state index in [0.717, 1.165) is 42.5 Å². The van der Waals surface area contributed by atoms with Gasteiger partial charge in [-0.25, -0.2) is 0 Å². The van der Waals surface area contributed by atoms with Gasteiger partial charge in [0, 0.05) is 6.54 Å². The third-order valence-electron chi connectivity index (χ3n) is 5.69. The smallest absolute Gasteiger partial charge is 0.143 e. The lowest BCUT2D eigenvalue weighted by Gasteiger charge is -2.21. The first-order valence-corrected chi connectivity index (χ1v) is 11.1. The fourth-order valence-corrected chi connectivity index (χ4v) is 3.95. The molecule has 0 saturated heterocycles. The zero-order valence-electron chi connectivity index (χ0n) is 18.4. The van der Waals surface area contributed by atoms with Gasteiger partial charge in [-0.15, -0.1) is 0 Å². The molecule has 0 N–H and O–H groups in total. The molecule has 0 atom stereocenters. The third-order valence-corrected chi connectivity index (χ3v) is 5.69. The summed E-state index contributed by atoms with van der Waals surface area (Å²) in [5.41, 5.74) is 5.73. The molecule has 0 fully saturated rings. The first kappa shape index (κ1) is 21.0. The van der Waals surface area contributed by atoms with Gasteiger partial charge in [-0.05, 0) is 48.5 Å². The Morgan fingerprint density at radius 2 is 1.16 bits per heavy atom. The second kappa shape index (κ2) is 10.1. The summed E-state index contributed by atoms with van der Waals surface area (Å²) in [6.07, 6.45) is 0. The summed E-state index contributed by atoms with van der Waals surface area (Å²) in [4.78, 5) is 2.38. The van der Waals surface area contributed by atoms with E-state index in [9.17, 15) is 0 Å². The number of hydrogen-bond donors (Lipinski definition) is 0. The molecule has 1 heterocycles. The predicted octanol–water partition coefficient (Wildman–Crippen LogP) is 6.53. The fraction of sp³-hybridized carbons (Fsp3) is 0.214. The molecule has 0 amide bonds. The van der Waals surface area contributed by atoms with Crippen LogP contribution in [0.15, 0.2) is 97.1 Å². The van der Waals surface area contributed by atoms with Gasteiger partial charge in [0.15, 0.2) is 0 Å². The summed E-state index contributed by atoms with van der Waals surface area (Å²) >= 11 is 0. The van der Waals surface area contributed by atoms with Crippen molar-refractivity contribution in [2.75, 3.05) is 26.2 Å². The largest absolute Gasteiger partial charge is 0.490 e. The normalized spacial score (nSPS) is 11.1. The highest BCUT2D eigenvalue weighted by molar-refractivity contribution is 5.74. The molecule has 158 valence electrons. The van der Waals surface area contributed by atoms with Gasteiger partial charge >= 0.3 is 0 Å². The molecule has 0 spiro atoms. The van der Waals surface area contributed by atoms with Crippen LogP contribution < -0.4 is 4.74 Å². The van der Waals surface area contributed by atoms with Crippen molar-refractivity contribution >= 4 is 0 Å². The van der Waals surface area contributed by atoms with E-state index in [4.69, 9.17) is 4.74 Å². The van der Waals surface area contributed by atoms with Crippen molar-refractivity contribution in [3.63, 3.8) is 0 Å². The predicted molar refractivity (Wildman–Crippen MR) is 130 cm³/mol. The number of hydrogen-bond acceptors (Lipinski definition) is 2. The number of aromatic nitrogens is 1. The molecular formula is C28H30N2O. The average Bonchev–Trinajstić information content (AvgIpc) is 3.28. The van der Waals surface area contributed by atoms with E-state index in [-0.39, 0.29) is 0 Å². The molecule has 3 nitrogen and oxygen atoms in total. The number of para-hydroxylation sites is 2. The van der Waals surface area contributed by atoms with Crippen molar-refractivity contribution in [3.8, 4) is 34.0 Å². The Labute approximate surface area is 185 Å². The topological polar surface area (TPSA) is 17.4 Å². The molecule has 0 aliphatic rings. The van der Waals surface area contributed by atoms with Crippen LogP contribution in [0.4, 0.5) is 0 Å². The number of benzene rings is 3. The molecule has 3 heteroatoms. The van der Waals surface area contributed by atoms with Crippen molar-refractivity contribution in [2.24, 2.45) is 0 Å². The molecule has 4 rings (SSSR count). The summed E-state index contributed by atoms with van der Waals surface area (Å²) in [7, 11) is 0. The van der Waals surface area contributed by atoms with Crippen LogP contribution in [0.2, 0.25) is 0 Å². The SMILES string of the molecule is CCN(CC)CCOc1ccccc1-n1c(-c2ccccc2)ccc1-c1ccccc1. The minimum atomic E-state index is 0.668. The highest BCUT2D eigenvalue weighted by Gasteiger charge is 2.16. The average molecular weight is 411 g/mol. The van der Waals surface area contributed by atoms with E-state index < -0.39 is 0 Å². The lowest BCUT2D eigenvalue weighted by atomic mass is 10.1. The number of nitrogens with zero attached hydrogens (tertiary/aromatic N) is 2. The minimum Gasteiger partial charge on any atom is -0.490 e. The molecule has 0 bridgehead atoms. The highest BCUT2D eigenvalue weighted by Crippen LogP contribution is 2.35. The number of likely N-dealkylation sites (N-methyl/N-ethyl adjacent to an activating group) is 1. The van der Waals surface area contributed by atoms with Crippen molar-refractivity contribution in [3.05, 3.63) is 97.1 Å². The Morgan fingerprint density at radius 3 is 1.71 bits per heavy atom. The zero-order valence-corrected chi connectivity index (χ0v) is 18.4. The Bertz CT molecular complexity index is 1030. The van der Waals surface area contributed by atoms with E-state index in [1.807, 2.05) is 6.07 Å². The Hall–Kier alpha value is -3.30. The van der Waals surface area contributed by atoms with Gasteiger partial charge in [0.2, 0.25) is 0 Å². The quantitative estimate of drug-likeness (QED) is 0.312. The molecule has 0 saturated carbocycles. The lowest BCUT2D eigenvalue weighted by molar-refractivity contribution is 0.222. The number of ether oxygens (including phenoxy) is 1. The van der Waals surface area contributed by atoms with Gasteiger partial charge in [-0.2, -0.15) is 0 Å². The standard InChI is InChI=1S/C28H30N2O/c1-3-29(4-2)21-22-31-28-18-12-11-17-27(28)30-25(23-13-7-5-8-14-23)19-20-26(30)24-15-9-6-10-16-24/h5-20H,3-4,21-22H2,1-2H3. The first-order valence-electron chi connectivity index (χ1n) is 11.1. The Morgan fingerprint density at radius 1 is 0.645 bits per heavy atom. The van der Waals surface area contributed by atoms with Crippen molar-refractivity contribution in [1.29, 1.82) is 0 Å². The van der Waals surface area contributed by atoms with Crippen molar-refractivity contribution < 1.29 is 4.74 Å². The van der Waals surface area contributed by atoms with Crippen LogP contribution in [0.1, 0.15) is 13.8 Å². The molecule has 1 aromatic heterocycles. The first-order chi connectivity index (χ1) is 15.3. The Balaban J connectivity index is 1.77. The summed E-state index contributed by atoms with van der Waals surface area (Å²) < 4.78 is 8.63. The second-order valence-corrected chi connectivity index (χ2v) is 7.51. The third kappa shape index (κ3) is 4.73. The molecule has 0 aliphatic carbocycles. The van der Waals surface area contributed by atoms with Crippen molar-refractivity contribution in [2.45, 2.75) is 13.8 Å². The van der Waals surface area contributed by atoms with E-state index in [2.05, 4.69) is 114 Å². The maximum atomic E-state index is 6.31. The maximum Gasteiger partial charge on any atom is 0.143 e. The molecule has 0 unspecified atom stereocenters. The van der Waals surface area contributed by atoms with Crippen LogP contribution in [0, 0.1) is 0 Å². The molecular weight excluding hydrogens is 380 g/mol. The van der Waals surface area contributed by atoms with Gasteiger partial charge in [-0.1, -0.05) is 86.6 Å². The lowest BCUT2D eigenvalue weighted by Crippen LogP contribution is -2.28. The van der Waals surface area contributed by atoms with Gasteiger partial charge in [0.25, 0.3) is 0 Å². The van der Waals surface area contributed by atoms with Gasteiger partial charge < -0.3 is 14.2 Å². The maximum absolute atomic E-state index is 6.31. The minimum absolute atomic E-state index is 0.668. The summed E-state index contributed by atoms with van der Waals surface area (Å²) in [5, 5.41) is 0. The van der Waals surface area contributed by atoms with Crippen LogP contribution in [0.5, 0.6) is 5.75 Å². The van der Waals surface area contributed by atoms with Crippen LogP contribution >= 0.6 is 0 Å². The van der Waals surface area contributed by atoms with Gasteiger partial charge in [0.05, 0.1) is 17.1 Å². The van der Waals surface area contributed by atoms with Gasteiger partial charge in [0.1, 0.15) is 12.4 Å².